The Morgan fingerprint density at radius 1 is 1.04 bits per heavy atom. The fraction of sp³-hybridized carbons (Fsp3) is 0.0526. The van der Waals surface area contributed by atoms with Crippen molar-refractivity contribution in [3.8, 4) is 11.1 Å². The van der Waals surface area contributed by atoms with Crippen LogP contribution in [0.25, 0.3) is 22.2 Å². The van der Waals surface area contributed by atoms with Crippen LogP contribution in [0.5, 0.6) is 0 Å². The summed E-state index contributed by atoms with van der Waals surface area (Å²) in [4.78, 5) is 8.59. The lowest BCUT2D eigenvalue weighted by Gasteiger charge is -2.07. The van der Waals surface area contributed by atoms with E-state index in [-0.39, 0.29) is 10.5 Å². The smallest absolute Gasteiger partial charge is 0.264 e. The summed E-state index contributed by atoms with van der Waals surface area (Å²) in [7, 11) is -3.81. The largest absolute Gasteiger partial charge is 0.269 e. The van der Waals surface area contributed by atoms with E-state index in [0.717, 1.165) is 11.1 Å². The van der Waals surface area contributed by atoms with Crippen molar-refractivity contribution in [2.75, 3.05) is 0 Å². The summed E-state index contributed by atoms with van der Waals surface area (Å²) in [5.74, 6) is 0. The number of pyridine rings is 2. The Hall–Kier alpha value is -2.70. The summed E-state index contributed by atoms with van der Waals surface area (Å²) in [5, 5.41) is 1.02. The summed E-state index contributed by atoms with van der Waals surface area (Å²) >= 11 is 6.37. The topological polar surface area (TPSA) is 64.8 Å². The Kier molecular flexibility index (Phi) is 4.01. The van der Waals surface area contributed by atoms with Gasteiger partial charge in [-0.3, -0.25) is 4.98 Å². The molecule has 0 atom stereocenters. The summed E-state index contributed by atoms with van der Waals surface area (Å²) in [5.41, 5.74) is 2.71. The number of aryl methyl sites for hydroxylation is 1. The molecular weight excluding hydrogens is 370 g/mol. The third-order valence-electron chi connectivity index (χ3n) is 4.15. The maximum absolute atomic E-state index is 13.2. The van der Waals surface area contributed by atoms with Crippen LogP contribution in [0.3, 0.4) is 0 Å². The lowest BCUT2D eigenvalue weighted by Crippen LogP contribution is -2.12. The molecule has 4 aromatic rings. The molecule has 5 nitrogen and oxygen atoms in total. The van der Waals surface area contributed by atoms with Crippen molar-refractivity contribution < 1.29 is 8.42 Å². The highest BCUT2D eigenvalue weighted by atomic mass is 35.5. The lowest BCUT2D eigenvalue weighted by atomic mass is 10.1. The molecule has 0 N–H and O–H groups in total. The third kappa shape index (κ3) is 2.67. The number of fused-ring (bicyclic) bond motifs is 1. The van der Waals surface area contributed by atoms with Crippen LogP contribution in [0, 0.1) is 6.92 Å². The zero-order valence-corrected chi connectivity index (χ0v) is 15.4. The van der Waals surface area contributed by atoms with Crippen molar-refractivity contribution in [3.63, 3.8) is 0 Å². The number of hydrogen-bond acceptors (Lipinski definition) is 4. The molecule has 0 aliphatic carbocycles. The van der Waals surface area contributed by atoms with E-state index >= 15 is 0 Å². The molecule has 0 bridgehead atoms. The van der Waals surface area contributed by atoms with Gasteiger partial charge in [0.15, 0.2) is 5.65 Å². The van der Waals surface area contributed by atoms with Crippen LogP contribution in [-0.2, 0) is 10.0 Å². The zero-order valence-electron chi connectivity index (χ0n) is 13.8. The zero-order chi connectivity index (χ0) is 18.3. The second kappa shape index (κ2) is 6.23. The van der Waals surface area contributed by atoms with Gasteiger partial charge in [-0.1, -0.05) is 35.4 Å². The fourth-order valence-corrected chi connectivity index (χ4v) is 4.40. The summed E-state index contributed by atoms with van der Waals surface area (Å²) < 4.78 is 27.5. The molecule has 3 heterocycles. The van der Waals surface area contributed by atoms with Crippen LogP contribution >= 0.6 is 11.6 Å². The van der Waals surface area contributed by atoms with Gasteiger partial charge in [-0.25, -0.2) is 17.4 Å². The average molecular weight is 384 g/mol. The molecule has 3 aromatic heterocycles. The normalized spacial score (nSPS) is 11.8. The van der Waals surface area contributed by atoms with Crippen LogP contribution in [-0.4, -0.2) is 22.4 Å². The highest BCUT2D eigenvalue weighted by Gasteiger charge is 2.24. The molecule has 26 heavy (non-hydrogen) atoms. The van der Waals surface area contributed by atoms with Gasteiger partial charge < -0.3 is 0 Å². The molecular formula is C19H14ClN3O2S. The second-order valence-corrected chi connectivity index (χ2v) is 8.11. The SMILES string of the molecule is Cc1ccc(S(=O)(=O)n2cc(-c3cccnc3)c3c(Cl)ccnc32)cc1. The Morgan fingerprint density at radius 3 is 2.50 bits per heavy atom. The van der Waals surface area contributed by atoms with E-state index in [1.54, 1.807) is 55.0 Å². The maximum Gasteiger partial charge on any atom is 0.269 e. The summed E-state index contributed by atoms with van der Waals surface area (Å²) in [6, 6.07) is 12.0. The van der Waals surface area contributed by atoms with Crippen LogP contribution in [0.4, 0.5) is 0 Å². The van der Waals surface area contributed by atoms with Crippen LogP contribution < -0.4 is 0 Å². The van der Waals surface area contributed by atoms with Gasteiger partial charge in [-0.15, -0.1) is 0 Å². The van der Waals surface area contributed by atoms with Crippen molar-refractivity contribution in [2.45, 2.75) is 11.8 Å². The Bertz CT molecular complexity index is 1200. The maximum atomic E-state index is 13.2. The van der Waals surface area contributed by atoms with Gasteiger partial charge in [0.1, 0.15) is 0 Å². The molecule has 0 aliphatic rings. The van der Waals surface area contributed by atoms with E-state index in [1.807, 2.05) is 13.0 Å². The van der Waals surface area contributed by atoms with E-state index in [9.17, 15) is 8.42 Å². The third-order valence-corrected chi connectivity index (χ3v) is 6.13. The van der Waals surface area contributed by atoms with Gasteiger partial charge >= 0.3 is 0 Å². The highest BCUT2D eigenvalue weighted by molar-refractivity contribution is 7.90. The minimum absolute atomic E-state index is 0.194. The van der Waals surface area contributed by atoms with E-state index in [0.29, 0.717) is 16.0 Å². The average Bonchev–Trinajstić information content (AvgIpc) is 3.05. The Balaban J connectivity index is 2.03. The molecule has 0 fully saturated rings. The summed E-state index contributed by atoms with van der Waals surface area (Å²) in [6.45, 7) is 1.91. The van der Waals surface area contributed by atoms with Gasteiger partial charge in [0.25, 0.3) is 10.0 Å². The first-order chi connectivity index (χ1) is 12.5. The predicted molar refractivity (Wildman–Crippen MR) is 102 cm³/mol. The number of halogens is 1. The standard InChI is InChI=1S/C19H14ClN3O2S/c1-13-4-6-15(7-5-13)26(24,25)23-12-16(14-3-2-9-21-11-14)18-17(20)8-10-22-19(18)23/h2-12H,1H3. The Morgan fingerprint density at radius 2 is 1.81 bits per heavy atom. The molecule has 1 aromatic carbocycles. The molecule has 0 unspecified atom stereocenters. The number of benzene rings is 1. The van der Waals surface area contributed by atoms with Crippen molar-refractivity contribution in [2.24, 2.45) is 0 Å². The van der Waals surface area contributed by atoms with Gasteiger partial charge in [0.05, 0.1) is 9.92 Å². The first-order valence-corrected chi connectivity index (χ1v) is 9.68. The molecule has 0 spiro atoms. The number of hydrogen-bond donors (Lipinski definition) is 0. The fourth-order valence-electron chi connectivity index (χ4n) is 2.84. The number of rotatable bonds is 3. The lowest BCUT2D eigenvalue weighted by molar-refractivity contribution is 0.589. The molecule has 130 valence electrons. The minimum atomic E-state index is -3.81. The van der Waals surface area contributed by atoms with E-state index in [1.165, 1.54) is 10.2 Å². The quantitative estimate of drug-likeness (QED) is 0.529. The molecule has 0 saturated carbocycles. The van der Waals surface area contributed by atoms with Crippen LogP contribution in [0.1, 0.15) is 5.56 Å². The van der Waals surface area contributed by atoms with Crippen molar-refractivity contribution >= 4 is 32.7 Å². The van der Waals surface area contributed by atoms with Gasteiger partial charge in [-0.05, 0) is 31.2 Å². The predicted octanol–water partition coefficient (Wildman–Crippen LogP) is 4.30. The molecule has 4 rings (SSSR count). The van der Waals surface area contributed by atoms with Gasteiger partial charge in [0, 0.05) is 41.3 Å². The summed E-state index contributed by atoms with van der Waals surface area (Å²) in [6.07, 6.45) is 6.38. The van der Waals surface area contributed by atoms with Crippen molar-refractivity contribution in [1.82, 2.24) is 13.9 Å². The minimum Gasteiger partial charge on any atom is -0.264 e. The monoisotopic (exact) mass is 383 g/mol. The second-order valence-electron chi connectivity index (χ2n) is 5.89. The molecule has 7 heteroatoms. The Labute approximate surface area is 156 Å². The van der Waals surface area contributed by atoms with E-state index < -0.39 is 10.0 Å². The van der Waals surface area contributed by atoms with Crippen molar-refractivity contribution in [1.29, 1.82) is 0 Å². The highest BCUT2D eigenvalue weighted by Crippen LogP contribution is 2.35. The molecule has 0 amide bonds. The van der Waals surface area contributed by atoms with Crippen molar-refractivity contribution in [3.05, 3.63) is 77.8 Å². The molecule has 0 aliphatic heterocycles. The molecule has 0 saturated heterocycles. The van der Waals surface area contributed by atoms with E-state index in [2.05, 4.69) is 9.97 Å². The van der Waals surface area contributed by atoms with Crippen LogP contribution in [0.15, 0.2) is 72.1 Å². The molecule has 0 radical (unpaired) electrons. The van der Waals surface area contributed by atoms with Gasteiger partial charge in [0.2, 0.25) is 0 Å². The van der Waals surface area contributed by atoms with Crippen LogP contribution in [0.2, 0.25) is 5.02 Å². The number of nitrogens with zero attached hydrogens (tertiary/aromatic N) is 3. The first-order valence-electron chi connectivity index (χ1n) is 7.87. The first kappa shape index (κ1) is 16.8. The number of aromatic nitrogens is 3. The van der Waals surface area contributed by atoms with Gasteiger partial charge in [-0.2, -0.15) is 0 Å². The van der Waals surface area contributed by atoms with E-state index in [4.69, 9.17) is 11.6 Å².